The number of hydrogen-bond acceptors (Lipinski definition) is 4. The van der Waals surface area contributed by atoms with Crippen molar-refractivity contribution in [2.75, 3.05) is 0 Å². The molecule has 0 saturated heterocycles. The summed E-state index contributed by atoms with van der Waals surface area (Å²) in [6, 6.07) is 13.1. The van der Waals surface area contributed by atoms with Crippen molar-refractivity contribution in [3.63, 3.8) is 0 Å². The van der Waals surface area contributed by atoms with Crippen molar-refractivity contribution >= 4 is 5.65 Å². The molecule has 3 aromatic heterocycles. The SMILES string of the molecule is Cc1nc2c(-c3cccnc3)c[nH]n2c(=O)c1Cc1ccc(C#N)cc1. The van der Waals surface area contributed by atoms with Crippen molar-refractivity contribution in [1.29, 1.82) is 5.26 Å². The number of aromatic amines is 1. The van der Waals surface area contributed by atoms with Crippen LogP contribution in [-0.2, 0) is 6.42 Å². The topological polar surface area (TPSA) is 86.8 Å². The van der Waals surface area contributed by atoms with Crippen LogP contribution in [0.2, 0.25) is 0 Å². The Balaban J connectivity index is 1.80. The summed E-state index contributed by atoms with van der Waals surface area (Å²) in [5.41, 5.74) is 5.10. The summed E-state index contributed by atoms with van der Waals surface area (Å²) in [5, 5.41) is 11.9. The number of benzene rings is 1. The second-order valence-corrected chi connectivity index (χ2v) is 6.05. The second-order valence-electron chi connectivity index (χ2n) is 6.05. The average molecular weight is 341 g/mol. The number of pyridine rings is 1. The van der Waals surface area contributed by atoms with Crippen molar-refractivity contribution in [2.45, 2.75) is 13.3 Å². The van der Waals surface area contributed by atoms with Gasteiger partial charge in [-0.15, -0.1) is 0 Å². The Labute approximate surface area is 149 Å². The van der Waals surface area contributed by atoms with E-state index in [0.717, 1.165) is 16.7 Å². The molecule has 0 atom stereocenters. The molecule has 4 rings (SSSR count). The van der Waals surface area contributed by atoms with E-state index in [4.69, 9.17) is 5.26 Å². The van der Waals surface area contributed by atoms with Crippen LogP contribution in [0.15, 0.2) is 59.8 Å². The summed E-state index contributed by atoms with van der Waals surface area (Å²) in [6.07, 6.45) is 5.69. The van der Waals surface area contributed by atoms with Gasteiger partial charge in [0.05, 0.1) is 11.6 Å². The minimum atomic E-state index is -0.119. The van der Waals surface area contributed by atoms with E-state index in [9.17, 15) is 4.79 Å². The zero-order valence-corrected chi connectivity index (χ0v) is 14.1. The Bertz CT molecular complexity index is 1180. The molecule has 0 aliphatic carbocycles. The molecule has 6 heteroatoms. The van der Waals surface area contributed by atoms with E-state index in [2.05, 4.69) is 21.1 Å². The number of H-pyrrole nitrogens is 1. The molecule has 0 radical (unpaired) electrons. The van der Waals surface area contributed by atoms with Gasteiger partial charge in [0.25, 0.3) is 5.56 Å². The van der Waals surface area contributed by atoms with E-state index in [1.54, 1.807) is 30.7 Å². The number of nitrogens with one attached hydrogen (secondary N) is 1. The van der Waals surface area contributed by atoms with Gasteiger partial charge < -0.3 is 0 Å². The lowest BCUT2D eigenvalue weighted by Gasteiger charge is -2.07. The van der Waals surface area contributed by atoms with E-state index < -0.39 is 0 Å². The van der Waals surface area contributed by atoms with Crippen LogP contribution >= 0.6 is 0 Å². The summed E-state index contributed by atoms with van der Waals surface area (Å²) >= 11 is 0. The summed E-state index contributed by atoms with van der Waals surface area (Å²) in [7, 11) is 0. The van der Waals surface area contributed by atoms with Gasteiger partial charge in [-0.3, -0.25) is 14.9 Å². The number of rotatable bonds is 3. The highest BCUT2D eigenvalue weighted by Crippen LogP contribution is 2.22. The molecular weight excluding hydrogens is 326 g/mol. The van der Waals surface area contributed by atoms with Crippen LogP contribution in [-0.4, -0.2) is 19.6 Å². The molecule has 26 heavy (non-hydrogen) atoms. The molecule has 6 nitrogen and oxygen atoms in total. The van der Waals surface area contributed by atoms with E-state index in [1.165, 1.54) is 4.52 Å². The second kappa shape index (κ2) is 6.30. The number of nitrogens with zero attached hydrogens (tertiary/aromatic N) is 4. The molecule has 126 valence electrons. The molecule has 0 amide bonds. The van der Waals surface area contributed by atoms with Crippen molar-refractivity contribution in [1.82, 2.24) is 19.6 Å². The maximum absolute atomic E-state index is 12.9. The van der Waals surface area contributed by atoms with Crippen molar-refractivity contribution in [2.24, 2.45) is 0 Å². The molecule has 0 bridgehead atoms. The summed E-state index contributed by atoms with van der Waals surface area (Å²) < 4.78 is 1.47. The molecule has 1 N–H and O–H groups in total. The van der Waals surface area contributed by atoms with Crippen molar-refractivity contribution in [3.05, 3.63) is 87.7 Å². The normalized spacial score (nSPS) is 10.8. The standard InChI is InChI=1S/C20H15N5O/c1-13-17(9-14-4-6-15(10-21)7-5-14)20(26)25-19(24-13)18(12-23-25)16-3-2-8-22-11-16/h2-8,11-12,23H,9H2,1H3. The first-order chi connectivity index (χ1) is 12.7. The van der Waals surface area contributed by atoms with Crippen LogP contribution in [0, 0.1) is 18.3 Å². The van der Waals surface area contributed by atoms with E-state index in [1.807, 2.05) is 31.2 Å². The fourth-order valence-electron chi connectivity index (χ4n) is 3.00. The highest BCUT2D eigenvalue weighted by molar-refractivity contribution is 5.76. The average Bonchev–Trinajstić information content (AvgIpc) is 3.10. The molecule has 0 spiro atoms. The molecular formula is C20H15N5O. The Morgan fingerprint density at radius 1 is 1.23 bits per heavy atom. The highest BCUT2D eigenvalue weighted by Gasteiger charge is 2.15. The van der Waals surface area contributed by atoms with Gasteiger partial charge in [0, 0.05) is 47.4 Å². The van der Waals surface area contributed by atoms with E-state index >= 15 is 0 Å². The van der Waals surface area contributed by atoms with Crippen LogP contribution in [0.25, 0.3) is 16.8 Å². The van der Waals surface area contributed by atoms with Gasteiger partial charge in [-0.05, 0) is 30.7 Å². The van der Waals surface area contributed by atoms with Gasteiger partial charge in [0.2, 0.25) is 0 Å². The lowest BCUT2D eigenvalue weighted by Crippen LogP contribution is -2.22. The number of aromatic nitrogens is 4. The van der Waals surface area contributed by atoms with E-state index in [-0.39, 0.29) is 5.56 Å². The van der Waals surface area contributed by atoms with Crippen molar-refractivity contribution in [3.8, 4) is 17.2 Å². The van der Waals surface area contributed by atoms with Crippen LogP contribution in [0.5, 0.6) is 0 Å². The van der Waals surface area contributed by atoms with Crippen molar-refractivity contribution < 1.29 is 0 Å². The van der Waals surface area contributed by atoms with Gasteiger partial charge in [-0.1, -0.05) is 18.2 Å². The third-order valence-electron chi connectivity index (χ3n) is 4.40. The van der Waals surface area contributed by atoms with Gasteiger partial charge in [-0.25, -0.2) is 9.50 Å². The quantitative estimate of drug-likeness (QED) is 0.621. The first kappa shape index (κ1) is 15.8. The Morgan fingerprint density at radius 3 is 2.73 bits per heavy atom. The zero-order chi connectivity index (χ0) is 18.1. The minimum Gasteiger partial charge on any atom is -0.296 e. The molecule has 0 unspecified atom stereocenters. The molecule has 0 aliphatic rings. The van der Waals surface area contributed by atoms with Gasteiger partial charge in [0.1, 0.15) is 0 Å². The number of hydrogen-bond donors (Lipinski definition) is 1. The third-order valence-corrected chi connectivity index (χ3v) is 4.40. The lowest BCUT2D eigenvalue weighted by atomic mass is 10.0. The maximum atomic E-state index is 12.9. The maximum Gasteiger partial charge on any atom is 0.276 e. The molecule has 3 heterocycles. The third kappa shape index (κ3) is 2.66. The zero-order valence-electron chi connectivity index (χ0n) is 14.1. The first-order valence-corrected chi connectivity index (χ1v) is 8.16. The molecule has 0 saturated carbocycles. The fourth-order valence-corrected chi connectivity index (χ4v) is 3.00. The van der Waals surface area contributed by atoms with Gasteiger partial charge in [0.15, 0.2) is 5.65 Å². The van der Waals surface area contributed by atoms with Crippen LogP contribution in [0.3, 0.4) is 0 Å². The highest BCUT2D eigenvalue weighted by atomic mass is 16.1. The van der Waals surface area contributed by atoms with E-state index in [0.29, 0.717) is 28.9 Å². The Kier molecular flexibility index (Phi) is 3.82. The molecule has 4 aromatic rings. The Hall–Kier alpha value is -3.72. The number of nitriles is 1. The van der Waals surface area contributed by atoms with Gasteiger partial charge >= 0.3 is 0 Å². The predicted molar refractivity (Wildman–Crippen MR) is 97.7 cm³/mol. The lowest BCUT2D eigenvalue weighted by molar-refractivity contribution is 0.859. The summed E-state index contributed by atoms with van der Waals surface area (Å²) in [4.78, 5) is 21.7. The van der Waals surface area contributed by atoms with Crippen LogP contribution in [0.4, 0.5) is 0 Å². The van der Waals surface area contributed by atoms with Crippen LogP contribution in [0.1, 0.15) is 22.4 Å². The molecule has 0 fully saturated rings. The largest absolute Gasteiger partial charge is 0.296 e. The minimum absolute atomic E-state index is 0.119. The first-order valence-electron chi connectivity index (χ1n) is 8.16. The van der Waals surface area contributed by atoms with Crippen LogP contribution < -0.4 is 5.56 Å². The Morgan fingerprint density at radius 2 is 2.04 bits per heavy atom. The number of fused-ring (bicyclic) bond motifs is 1. The summed E-state index contributed by atoms with van der Waals surface area (Å²) in [5.74, 6) is 0. The van der Waals surface area contributed by atoms with Gasteiger partial charge in [-0.2, -0.15) is 5.26 Å². The monoisotopic (exact) mass is 341 g/mol. The molecule has 1 aromatic carbocycles. The fraction of sp³-hybridized carbons (Fsp3) is 0.100. The smallest absolute Gasteiger partial charge is 0.276 e. The predicted octanol–water partition coefficient (Wildman–Crippen LogP) is 2.86. The number of aryl methyl sites for hydroxylation is 1. The summed E-state index contributed by atoms with van der Waals surface area (Å²) in [6.45, 7) is 1.85. The molecule has 0 aliphatic heterocycles.